The van der Waals surface area contributed by atoms with Crippen molar-refractivity contribution in [3.8, 4) is 0 Å². The van der Waals surface area contributed by atoms with Crippen molar-refractivity contribution >= 4 is 0 Å². The number of piperidine rings is 3. The Kier molecular flexibility index (Phi) is 2.33. The summed E-state index contributed by atoms with van der Waals surface area (Å²) in [5, 5.41) is 3.91. The largest absolute Gasteiger partial charge is 0.309 e. The minimum Gasteiger partial charge on any atom is -0.309 e. The predicted octanol–water partition coefficient (Wildman–Crippen LogP) is 1.86. The van der Waals surface area contributed by atoms with Gasteiger partial charge in [-0.15, -0.1) is 0 Å². The first-order valence-corrected chi connectivity index (χ1v) is 6.66. The minimum atomic E-state index is 0.631. The lowest BCUT2D eigenvalue weighted by Gasteiger charge is -2.46. The molecule has 2 atom stereocenters. The van der Waals surface area contributed by atoms with Crippen molar-refractivity contribution in [1.82, 2.24) is 10.2 Å². The molecule has 0 amide bonds. The smallest absolute Gasteiger partial charge is 0.0226 e. The highest BCUT2D eigenvalue weighted by Gasteiger charge is 2.44. The van der Waals surface area contributed by atoms with E-state index in [-0.39, 0.29) is 0 Å². The third-order valence-corrected chi connectivity index (χ3v) is 5.20. The molecule has 86 valence electrons. The SMILES string of the molecule is CC(NC1CN2CCC1CC2)C1(C)CC1. The highest BCUT2D eigenvalue weighted by atomic mass is 15.2. The summed E-state index contributed by atoms with van der Waals surface area (Å²) < 4.78 is 0. The Hall–Kier alpha value is -0.0800. The van der Waals surface area contributed by atoms with Gasteiger partial charge in [-0.2, -0.15) is 0 Å². The fraction of sp³-hybridized carbons (Fsp3) is 1.00. The van der Waals surface area contributed by atoms with Gasteiger partial charge in [0.25, 0.3) is 0 Å². The monoisotopic (exact) mass is 208 g/mol. The number of nitrogens with zero attached hydrogens (tertiary/aromatic N) is 1. The summed E-state index contributed by atoms with van der Waals surface area (Å²) in [6.07, 6.45) is 5.73. The second kappa shape index (κ2) is 3.46. The maximum atomic E-state index is 3.91. The predicted molar refractivity (Wildman–Crippen MR) is 62.9 cm³/mol. The van der Waals surface area contributed by atoms with E-state index >= 15 is 0 Å². The normalized spacial score (nSPS) is 44.0. The van der Waals surface area contributed by atoms with E-state index in [9.17, 15) is 0 Å². The summed E-state index contributed by atoms with van der Waals surface area (Å²) in [7, 11) is 0. The quantitative estimate of drug-likeness (QED) is 0.761. The van der Waals surface area contributed by atoms with E-state index in [1.54, 1.807) is 0 Å². The van der Waals surface area contributed by atoms with E-state index in [1.165, 1.54) is 45.3 Å². The average molecular weight is 208 g/mol. The molecule has 15 heavy (non-hydrogen) atoms. The van der Waals surface area contributed by atoms with Gasteiger partial charge in [0, 0.05) is 18.6 Å². The van der Waals surface area contributed by atoms with E-state index in [4.69, 9.17) is 0 Å². The molecule has 4 fully saturated rings. The van der Waals surface area contributed by atoms with Crippen molar-refractivity contribution in [1.29, 1.82) is 0 Å². The van der Waals surface area contributed by atoms with Crippen LogP contribution in [0.15, 0.2) is 0 Å². The maximum absolute atomic E-state index is 3.91. The molecule has 0 aromatic carbocycles. The highest BCUT2D eigenvalue weighted by Crippen LogP contribution is 2.48. The second-order valence-electron chi connectivity index (χ2n) is 6.29. The van der Waals surface area contributed by atoms with Crippen LogP contribution in [0.2, 0.25) is 0 Å². The number of rotatable bonds is 3. The zero-order chi connectivity index (χ0) is 10.5. The summed E-state index contributed by atoms with van der Waals surface area (Å²) >= 11 is 0. The average Bonchev–Trinajstić information content (AvgIpc) is 3.00. The lowest BCUT2D eigenvalue weighted by atomic mass is 9.83. The molecule has 1 N–H and O–H groups in total. The van der Waals surface area contributed by atoms with E-state index in [1.807, 2.05) is 0 Å². The van der Waals surface area contributed by atoms with Crippen LogP contribution in [0.1, 0.15) is 39.5 Å². The number of fused-ring (bicyclic) bond motifs is 3. The molecule has 2 unspecified atom stereocenters. The molecule has 0 radical (unpaired) electrons. The van der Waals surface area contributed by atoms with Crippen molar-refractivity contribution < 1.29 is 0 Å². The highest BCUT2D eigenvalue weighted by molar-refractivity contribution is 5.00. The van der Waals surface area contributed by atoms with Gasteiger partial charge in [-0.25, -0.2) is 0 Å². The molecule has 2 heteroatoms. The molecular formula is C13H24N2. The Morgan fingerprint density at radius 1 is 1.27 bits per heavy atom. The van der Waals surface area contributed by atoms with Gasteiger partial charge >= 0.3 is 0 Å². The third-order valence-electron chi connectivity index (χ3n) is 5.20. The standard InChI is InChI=1S/C13H24N2/c1-10(13(2)5-6-13)14-12-9-15-7-3-11(12)4-8-15/h10-12,14H,3-9H2,1-2H3. The molecule has 3 heterocycles. The fourth-order valence-corrected chi connectivity index (χ4v) is 3.31. The third kappa shape index (κ3) is 1.83. The van der Waals surface area contributed by atoms with Crippen LogP contribution in [0.25, 0.3) is 0 Å². The van der Waals surface area contributed by atoms with Gasteiger partial charge in [0.1, 0.15) is 0 Å². The molecule has 1 aliphatic carbocycles. The summed E-state index contributed by atoms with van der Waals surface area (Å²) in [5.74, 6) is 0.972. The van der Waals surface area contributed by atoms with Gasteiger partial charge in [-0.1, -0.05) is 6.92 Å². The van der Waals surface area contributed by atoms with Crippen molar-refractivity contribution in [2.75, 3.05) is 19.6 Å². The van der Waals surface area contributed by atoms with Crippen LogP contribution in [0.3, 0.4) is 0 Å². The Morgan fingerprint density at radius 3 is 2.40 bits per heavy atom. The first-order chi connectivity index (χ1) is 7.17. The minimum absolute atomic E-state index is 0.631. The van der Waals surface area contributed by atoms with Gasteiger partial charge in [-0.05, 0) is 57.0 Å². The van der Waals surface area contributed by atoms with Gasteiger partial charge in [0.15, 0.2) is 0 Å². The van der Waals surface area contributed by atoms with Gasteiger partial charge in [0.2, 0.25) is 0 Å². The van der Waals surface area contributed by atoms with Crippen molar-refractivity contribution in [3.63, 3.8) is 0 Å². The van der Waals surface area contributed by atoms with Crippen LogP contribution in [-0.2, 0) is 0 Å². The van der Waals surface area contributed by atoms with Crippen molar-refractivity contribution in [2.24, 2.45) is 11.3 Å². The van der Waals surface area contributed by atoms with Crippen LogP contribution in [0, 0.1) is 11.3 Å². The summed E-state index contributed by atoms with van der Waals surface area (Å²) in [5.41, 5.74) is 0.631. The molecule has 3 aliphatic heterocycles. The molecule has 0 aromatic rings. The van der Waals surface area contributed by atoms with Gasteiger partial charge < -0.3 is 10.2 Å². The summed E-state index contributed by atoms with van der Waals surface area (Å²) in [6.45, 7) is 8.85. The fourth-order valence-electron chi connectivity index (χ4n) is 3.31. The zero-order valence-electron chi connectivity index (χ0n) is 10.1. The second-order valence-corrected chi connectivity index (χ2v) is 6.29. The molecule has 4 aliphatic rings. The topological polar surface area (TPSA) is 15.3 Å². The van der Waals surface area contributed by atoms with E-state index in [2.05, 4.69) is 24.1 Å². The molecule has 2 bridgehead atoms. The first kappa shape index (κ1) is 10.1. The van der Waals surface area contributed by atoms with Crippen LogP contribution in [-0.4, -0.2) is 36.6 Å². The molecule has 1 saturated carbocycles. The Labute approximate surface area is 93.4 Å². The number of hydrogen-bond acceptors (Lipinski definition) is 2. The van der Waals surface area contributed by atoms with Crippen LogP contribution in [0.5, 0.6) is 0 Å². The van der Waals surface area contributed by atoms with Crippen LogP contribution < -0.4 is 5.32 Å². The molecular weight excluding hydrogens is 184 g/mol. The van der Waals surface area contributed by atoms with Crippen LogP contribution in [0.4, 0.5) is 0 Å². The zero-order valence-corrected chi connectivity index (χ0v) is 10.1. The maximum Gasteiger partial charge on any atom is 0.0226 e. The number of nitrogens with one attached hydrogen (secondary N) is 1. The number of hydrogen-bond donors (Lipinski definition) is 1. The summed E-state index contributed by atoms with van der Waals surface area (Å²) in [6, 6.07) is 1.52. The Bertz CT molecular complexity index is 239. The van der Waals surface area contributed by atoms with Gasteiger partial charge in [0.05, 0.1) is 0 Å². The van der Waals surface area contributed by atoms with Crippen molar-refractivity contribution in [2.45, 2.75) is 51.6 Å². The van der Waals surface area contributed by atoms with Crippen LogP contribution >= 0.6 is 0 Å². The van der Waals surface area contributed by atoms with E-state index < -0.39 is 0 Å². The van der Waals surface area contributed by atoms with E-state index in [0.29, 0.717) is 5.41 Å². The van der Waals surface area contributed by atoms with Gasteiger partial charge in [-0.3, -0.25) is 0 Å². The lowest BCUT2D eigenvalue weighted by Crippen LogP contribution is -2.58. The molecule has 4 rings (SSSR count). The Balaban J connectivity index is 1.59. The molecule has 3 saturated heterocycles. The van der Waals surface area contributed by atoms with Crippen molar-refractivity contribution in [3.05, 3.63) is 0 Å². The molecule has 2 nitrogen and oxygen atoms in total. The Morgan fingerprint density at radius 2 is 1.93 bits per heavy atom. The lowest BCUT2D eigenvalue weighted by molar-refractivity contribution is 0.0633. The first-order valence-electron chi connectivity index (χ1n) is 6.66. The summed E-state index contributed by atoms with van der Waals surface area (Å²) in [4.78, 5) is 2.64. The molecule has 0 aromatic heterocycles. The molecule has 0 spiro atoms. The van der Waals surface area contributed by atoms with E-state index in [0.717, 1.165) is 18.0 Å².